The van der Waals surface area contributed by atoms with Crippen molar-refractivity contribution in [3.63, 3.8) is 0 Å². The highest BCUT2D eigenvalue weighted by Gasteiger charge is 2.26. The second kappa shape index (κ2) is 3.15. The van der Waals surface area contributed by atoms with E-state index in [1.165, 1.54) is 12.1 Å². The third kappa shape index (κ3) is 1.25. The van der Waals surface area contributed by atoms with Crippen molar-refractivity contribution < 1.29 is 19.5 Å². The fourth-order valence-electron chi connectivity index (χ4n) is 1.27. The van der Waals surface area contributed by atoms with Crippen LogP contribution in [-0.2, 0) is 6.61 Å². The molecule has 74 valence electrons. The molecule has 1 heterocycles. The lowest BCUT2D eigenvalue weighted by Gasteiger charge is -2.00. The molecule has 0 aromatic heterocycles. The number of fused-ring (bicyclic) bond motifs is 1. The molecule has 1 aromatic rings. The van der Waals surface area contributed by atoms with Crippen molar-refractivity contribution in [2.45, 2.75) is 6.61 Å². The average molecular weight is 197 g/mol. The van der Waals surface area contributed by atoms with Crippen molar-refractivity contribution in [3.05, 3.63) is 27.8 Å². The molecule has 0 saturated carbocycles. The number of nitro benzene ring substituents is 1. The van der Waals surface area contributed by atoms with Gasteiger partial charge in [-0.15, -0.1) is 0 Å². The minimum absolute atomic E-state index is 0.0228. The Hall–Kier alpha value is -1.82. The summed E-state index contributed by atoms with van der Waals surface area (Å²) in [4.78, 5) is 10.1. The topological polar surface area (TPSA) is 81.8 Å². The predicted molar refractivity (Wildman–Crippen MR) is 45.1 cm³/mol. The van der Waals surface area contributed by atoms with E-state index in [0.29, 0.717) is 11.3 Å². The molecule has 2 rings (SSSR count). The highest BCUT2D eigenvalue weighted by molar-refractivity contribution is 5.59. The quantitative estimate of drug-likeness (QED) is 0.560. The molecular weight excluding hydrogens is 190 g/mol. The Balaban J connectivity index is 2.57. The molecule has 1 aliphatic rings. The van der Waals surface area contributed by atoms with Crippen LogP contribution in [0.3, 0.4) is 0 Å². The molecule has 0 bridgehead atoms. The fourth-order valence-corrected chi connectivity index (χ4v) is 1.27. The summed E-state index contributed by atoms with van der Waals surface area (Å²) in [5.41, 5.74) is 0.255. The van der Waals surface area contributed by atoms with E-state index in [0.717, 1.165) is 0 Å². The second-order valence-electron chi connectivity index (χ2n) is 2.76. The Morgan fingerprint density at radius 1 is 1.50 bits per heavy atom. The molecule has 0 atom stereocenters. The maximum Gasteiger partial charge on any atom is 0.315 e. The third-order valence-corrected chi connectivity index (χ3v) is 1.89. The summed E-state index contributed by atoms with van der Waals surface area (Å²) in [7, 11) is 0. The molecule has 0 spiro atoms. The lowest BCUT2D eigenvalue weighted by molar-refractivity contribution is -0.385. The van der Waals surface area contributed by atoms with Crippen LogP contribution < -0.4 is 9.47 Å². The second-order valence-corrected chi connectivity index (χ2v) is 2.76. The molecule has 0 unspecified atom stereocenters. The number of aliphatic hydroxyl groups is 1. The molecule has 0 fully saturated rings. The number of aliphatic hydroxyl groups excluding tert-OH is 1. The smallest absolute Gasteiger partial charge is 0.315 e. The summed E-state index contributed by atoms with van der Waals surface area (Å²) in [5, 5.41) is 19.5. The highest BCUT2D eigenvalue weighted by Crippen LogP contribution is 2.41. The van der Waals surface area contributed by atoms with Crippen molar-refractivity contribution in [2.75, 3.05) is 6.79 Å². The minimum atomic E-state index is -0.563. The molecule has 14 heavy (non-hydrogen) atoms. The van der Waals surface area contributed by atoms with Crippen LogP contribution in [0.25, 0.3) is 0 Å². The van der Waals surface area contributed by atoms with Gasteiger partial charge in [0.25, 0.3) is 0 Å². The number of nitro groups is 1. The van der Waals surface area contributed by atoms with E-state index in [2.05, 4.69) is 0 Å². The number of benzene rings is 1. The number of rotatable bonds is 2. The van der Waals surface area contributed by atoms with Crippen LogP contribution in [0.2, 0.25) is 0 Å². The summed E-state index contributed by atoms with van der Waals surface area (Å²) in [5.74, 6) is 0.440. The zero-order valence-electron chi connectivity index (χ0n) is 7.10. The van der Waals surface area contributed by atoms with Gasteiger partial charge in [0.2, 0.25) is 12.5 Å². The largest absolute Gasteiger partial charge is 0.453 e. The van der Waals surface area contributed by atoms with Crippen molar-refractivity contribution in [3.8, 4) is 11.5 Å². The molecule has 1 aromatic carbocycles. The van der Waals surface area contributed by atoms with Gasteiger partial charge in [0, 0.05) is 6.07 Å². The normalized spacial score (nSPS) is 12.9. The zero-order valence-corrected chi connectivity index (χ0v) is 7.10. The van der Waals surface area contributed by atoms with E-state index < -0.39 is 4.92 Å². The third-order valence-electron chi connectivity index (χ3n) is 1.89. The highest BCUT2D eigenvalue weighted by atomic mass is 16.7. The lowest BCUT2D eigenvalue weighted by atomic mass is 10.2. The number of hydrogen-bond donors (Lipinski definition) is 1. The molecule has 0 amide bonds. The average Bonchev–Trinajstić information content (AvgIpc) is 2.63. The molecule has 6 nitrogen and oxygen atoms in total. The first-order valence-electron chi connectivity index (χ1n) is 3.90. The van der Waals surface area contributed by atoms with Gasteiger partial charge >= 0.3 is 5.69 Å². The van der Waals surface area contributed by atoms with E-state index in [9.17, 15) is 10.1 Å². The maximum atomic E-state index is 10.6. The van der Waals surface area contributed by atoms with Crippen molar-refractivity contribution in [2.24, 2.45) is 0 Å². The van der Waals surface area contributed by atoms with Gasteiger partial charge in [-0.3, -0.25) is 10.1 Å². The Kier molecular flexibility index (Phi) is 1.97. The molecular formula is C8H7NO5. The van der Waals surface area contributed by atoms with Crippen LogP contribution in [0.1, 0.15) is 5.56 Å². The minimum Gasteiger partial charge on any atom is -0.453 e. The van der Waals surface area contributed by atoms with Gasteiger partial charge < -0.3 is 14.6 Å². The maximum absolute atomic E-state index is 10.6. The number of nitrogens with zero attached hydrogens (tertiary/aromatic N) is 1. The van der Waals surface area contributed by atoms with E-state index in [1.54, 1.807) is 0 Å². The molecule has 1 aliphatic heterocycles. The van der Waals surface area contributed by atoms with Crippen LogP contribution in [0, 0.1) is 10.1 Å². The van der Waals surface area contributed by atoms with Gasteiger partial charge in [0.1, 0.15) is 0 Å². The molecule has 0 aliphatic carbocycles. The van der Waals surface area contributed by atoms with E-state index in [-0.39, 0.29) is 24.8 Å². The Morgan fingerprint density at radius 3 is 2.93 bits per heavy atom. The number of hydrogen-bond acceptors (Lipinski definition) is 5. The van der Waals surface area contributed by atoms with Gasteiger partial charge in [-0.05, 0) is 11.6 Å². The molecule has 0 saturated heterocycles. The first-order chi connectivity index (χ1) is 6.72. The Morgan fingerprint density at radius 2 is 2.29 bits per heavy atom. The summed E-state index contributed by atoms with van der Waals surface area (Å²) < 4.78 is 9.94. The van der Waals surface area contributed by atoms with Crippen LogP contribution in [0.4, 0.5) is 5.69 Å². The summed E-state index contributed by atoms with van der Waals surface area (Å²) in [6, 6.07) is 2.79. The van der Waals surface area contributed by atoms with Gasteiger partial charge in [-0.1, -0.05) is 0 Å². The van der Waals surface area contributed by atoms with Crippen molar-refractivity contribution >= 4 is 5.69 Å². The fraction of sp³-hybridized carbons (Fsp3) is 0.250. The Bertz CT molecular complexity index is 390. The van der Waals surface area contributed by atoms with Gasteiger partial charge in [-0.25, -0.2) is 0 Å². The molecule has 6 heteroatoms. The van der Waals surface area contributed by atoms with Gasteiger partial charge in [0.05, 0.1) is 11.5 Å². The van der Waals surface area contributed by atoms with E-state index in [1.807, 2.05) is 0 Å². The van der Waals surface area contributed by atoms with Crippen molar-refractivity contribution in [1.29, 1.82) is 0 Å². The molecule has 0 radical (unpaired) electrons. The van der Waals surface area contributed by atoms with Crippen LogP contribution in [0.15, 0.2) is 12.1 Å². The summed E-state index contributed by atoms with van der Waals surface area (Å²) in [6.07, 6.45) is 0. The van der Waals surface area contributed by atoms with Crippen LogP contribution in [0.5, 0.6) is 11.5 Å². The number of ether oxygens (including phenoxy) is 2. The van der Waals surface area contributed by atoms with Gasteiger partial charge in [0.15, 0.2) is 5.75 Å². The van der Waals surface area contributed by atoms with Gasteiger partial charge in [-0.2, -0.15) is 0 Å². The van der Waals surface area contributed by atoms with Crippen LogP contribution in [-0.4, -0.2) is 16.8 Å². The monoisotopic (exact) mass is 197 g/mol. The first-order valence-corrected chi connectivity index (χ1v) is 3.90. The summed E-state index contributed by atoms with van der Waals surface area (Å²) >= 11 is 0. The van der Waals surface area contributed by atoms with E-state index >= 15 is 0 Å². The Labute approximate surface area is 78.8 Å². The van der Waals surface area contributed by atoms with E-state index in [4.69, 9.17) is 14.6 Å². The van der Waals surface area contributed by atoms with Crippen LogP contribution >= 0.6 is 0 Å². The predicted octanol–water partition coefficient (Wildman–Crippen LogP) is 0.816. The SMILES string of the molecule is O=[N+]([O-])c1cc(CO)cc2c1OCO2. The molecule has 1 N–H and O–H groups in total. The van der Waals surface area contributed by atoms with Crippen molar-refractivity contribution in [1.82, 2.24) is 0 Å². The standard InChI is InChI=1S/C8H7NO5/c10-3-5-1-6(9(11)12)8-7(2-5)13-4-14-8/h1-2,10H,3-4H2. The zero-order chi connectivity index (χ0) is 10.1. The first kappa shape index (κ1) is 8.76. The summed E-state index contributed by atoms with van der Waals surface area (Å²) in [6.45, 7) is -0.289. The lowest BCUT2D eigenvalue weighted by Crippen LogP contribution is -1.95.